The first-order valence-electron chi connectivity index (χ1n) is 2.83. The van der Waals surface area contributed by atoms with Crippen LogP contribution in [0.5, 0.6) is 0 Å². The van der Waals surface area contributed by atoms with Crippen LogP contribution in [0, 0.1) is 11.3 Å². The van der Waals surface area contributed by atoms with Gasteiger partial charge in [0.15, 0.2) is 6.10 Å². The lowest BCUT2D eigenvalue weighted by molar-refractivity contribution is 0.128. The molecule has 0 amide bonds. The molecule has 0 aromatic heterocycles. The number of nitriles is 1. The summed E-state index contributed by atoms with van der Waals surface area (Å²) in [5.74, 6) is 0. The highest BCUT2D eigenvalue weighted by Gasteiger charge is 2.13. The summed E-state index contributed by atoms with van der Waals surface area (Å²) in [4.78, 5) is 1.80. The highest BCUT2D eigenvalue weighted by molar-refractivity contribution is 4.89. The first-order valence-corrected chi connectivity index (χ1v) is 2.83. The average molecular weight is 128 g/mol. The Balaban J connectivity index is 3.76. The molecular weight excluding hydrogens is 116 g/mol. The molecule has 0 saturated heterocycles. The third-order valence-corrected chi connectivity index (χ3v) is 1.40. The van der Waals surface area contributed by atoms with Crippen LogP contribution >= 0.6 is 0 Å². The quantitative estimate of drug-likeness (QED) is 0.525. The van der Waals surface area contributed by atoms with Crippen LogP contribution in [0.1, 0.15) is 6.92 Å². The second-order valence-electron chi connectivity index (χ2n) is 2.28. The normalized spacial score (nSPS) is 16.9. The largest absolute Gasteiger partial charge is 0.376 e. The summed E-state index contributed by atoms with van der Waals surface area (Å²) in [6.45, 7) is 1.80. The van der Waals surface area contributed by atoms with Gasteiger partial charge in [0.25, 0.3) is 0 Å². The van der Waals surface area contributed by atoms with Gasteiger partial charge in [0.1, 0.15) is 0 Å². The predicted octanol–water partition coefficient (Wildman–Crippen LogP) is -0.179. The topological polar surface area (TPSA) is 47.3 Å². The van der Waals surface area contributed by atoms with Crippen molar-refractivity contribution in [3.8, 4) is 6.07 Å². The fraction of sp³-hybridized carbons (Fsp3) is 0.833. The van der Waals surface area contributed by atoms with Crippen LogP contribution in [0.4, 0.5) is 0 Å². The van der Waals surface area contributed by atoms with Crippen LogP contribution in [0.2, 0.25) is 0 Å². The zero-order valence-electron chi connectivity index (χ0n) is 6.00. The zero-order valence-corrected chi connectivity index (χ0v) is 6.00. The maximum Gasteiger partial charge on any atom is 0.155 e. The number of nitrogens with zero attached hydrogens (tertiary/aromatic N) is 2. The SMILES string of the molecule is C[C@@H](C(O)C#N)N(C)C. The molecule has 0 aliphatic carbocycles. The van der Waals surface area contributed by atoms with Crippen molar-refractivity contribution in [2.24, 2.45) is 0 Å². The molecule has 0 aromatic carbocycles. The Morgan fingerprint density at radius 2 is 2.00 bits per heavy atom. The summed E-state index contributed by atoms with van der Waals surface area (Å²) in [6, 6.07) is 1.67. The molecule has 0 aliphatic rings. The Labute approximate surface area is 55.5 Å². The van der Waals surface area contributed by atoms with E-state index in [1.165, 1.54) is 0 Å². The van der Waals surface area contributed by atoms with E-state index in [1.807, 2.05) is 14.1 Å². The van der Waals surface area contributed by atoms with Gasteiger partial charge in [-0.2, -0.15) is 5.26 Å². The van der Waals surface area contributed by atoms with E-state index in [0.717, 1.165) is 0 Å². The molecule has 0 radical (unpaired) electrons. The molecule has 0 bridgehead atoms. The molecule has 0 spiro atoms. The molecular formula is C6H12N2O. The molecule has 0 rings (SSSR count). The van der Waals surface area contributed by atoms with Crippen molar-refractivity contribution in [2.75, 3.05) is 14.1 Å². The summed E-state index contributed by atoms with van der Waals surface area (Å²) in [5.41, 5.74) is 0. The van der Waals surface area contributed by atoms with Crippen molar-refractivity contribution in [1.29, 1.82) is 5.26 Å². The van der Waals surface area contributed by atoms with Gasteiger partial charge in [-0.15, -0.1) is 0 Å². The van der Waals surface area contributed by atoms with E-state index >= 15 is 0 Å². The smallest absolute Gasteiger partial charge is 0.155 e. The predicted molar refractivity (Wildman–Crippen MR) is 34.8 cm³/mol. The van der Waals surface area contributed by atoms with Gasteiger partial charge in [-0.3, -0.25) is 0 Å². The number of aliphatic hydroxyl groups excluding tert-OH is 1. The van der Waals surface area contributed by atoms with Crippen LogP contribution in [0.3, 0.4) is 0 Å². The van der Waals surface area contributed by atoms with Crippen LogP contribution in [0.25, 0.3) is 0 Å². The number of aliphatic hydroxyl groups is 1. The Hall–Kier alpha value is -0.590. The summed E-state index contributed by atoms with van der Waals surface area (Å²) in [7, 11) is 3.65. The molecule has 3 nitrogen and oxygen atoms in total. The molecule has 3 heteroatoms. The van der Waals surface area contributed by atoms with Crippen molar-refractivity contribution in [1.82, 2.24) is 4.90 Å². The van der Waals surface area contributed by atoms with Crippen LogP contribution in [-0.4, -0.2) is 36.2 Å². The van der Waals surface area contributed by atoms with Gasteiger partial charge < -0.3 is 10.0 Å². The van der Waals surface area contributed by atoms with Crippen molar-refractivity contribution in [3.05, 3.63) is 0 Å². The number of rotatable bonds is 2. The van der Waals surface area contributed by atoms with Crippen LogP contribution < -0.4 is 0 Å². The van der Waals surface area contributed by atoms with E-state index in [2.05, 4.69) is 0 Å². The molecule has 0 saturated carbocycles. The zero-order chi connectivity index (χ0) is 7.44. The van der Waals surface area contributed by atoms with E-state index in [9.17, 15) is 0 Å². The molecule has 9 heavy (non-hydrogen) atoms. The lowest BCUT2D eigenvalue weighted by Gasteiger charge is -2.19. The Bertz CT molecular complexity index is 117. The molecule has 1 unspecified atom stereocenters. The lowest BCUT2D eigenvalue weighted by atomic mass is 10.2. The lowest BCUT2D eigenvalue weighted by Crippen LogP contribution is -2.35. The van der Waals surface area contributed by atoms with Gasteiger partial charge in [-0.25, -0.2) is 0 Å². The fourth-order valence-corrected chi connectivity index (χ4v) is 0.390. The maximum atomic E-state index is 8.89. The molecule has 52 valence electrons. The van der Waals surface area contributed by atoms with Crippen molar-refractivity contribution < 1.29 is 5.11 Å². The number of hydrogen-bond donors (Lipinski definition) is 1. The third kappa shape index (κ3) is 2.45. The van der Waals surface area contributed by atoms with E-state index in [0.29, 0.717) is 0 Å². The van der Waals surface area contributed by atoms with E-state index in [4.69, 9.17) is 10.4 Å². The third-order valence-electron chi connectivity index (χ3n) is 1.40. The van der Waals surface area contributed by atoms with Crippen LogP contribution in [-0.2, 0) is 0 Å². The minimum atomic E-state index is -0.875. The average Bonchev–Trinajstić information content (AvgIpc) is 1.84. The number of hydrogen-bond acceptors (Lipinski definition) is 3. The number of likely N-dealkylation sites (N-methyl/N-ethyl adjacent to an activating group) is 1. The van der Waals surface area contributed by atoms with E-state index in [1.54, 1.807) is 17.9 Å². The molecule has 0 aromatic rings. The molecule has 0 fully saturated rings. The monoisotopic (exact) mass is 128 g/mol. The van der Waals surface area contributed by atoms with Gasteiger partial charge in [-0.05, 0) is 21.0 Å². The first-order chi connectivity index (χ1) is 4.09. The summed E-state index contributed by atoms with van der Waals surface area (Å²) < 4.78 is 0. The highest BCUT2D eigenvalue weighted by Crippen LogP contribution is 1.96. The highest BCUT2D eigenvalue weighted by atomic mass is 16.3. The molecule has 0 heterocycles. The molecule has 1 N–H and O–H groups in total. The minimum absolute atomic E-state index is 0.0880. The van der Waals surface area contributed by atoms with Gasteiger partial charge in [0.2, 0.25) is 0 Å². The standard InChI is InChI=1S/C6H12N2O/c1-5(8(2)3)6(9)4-7/h5-6,9H,1-3H3/t5-,6?/m0/s1. The summed E-state index contributed by atoms with van der Waals surface area (Å²) in [5, 5.41) is 17.1. The molecule has 0 aliphatic heterocycles. The van der Waals surface area contributed by atoms with Gasteiger partial charge in [0.05, 0.1) is 6.07 Å². The molecule has 2 atom stereocenters. The minimum Gasteiger partial charge on any atom is -0.376 e. The van der Waals surface area contributed by atoms with Crippen molar-refractivity contribution in [2.45, 2.75) is 19.1 Å². The Morgan fingerprint density at radius 1 is 1.56 bits per heavy atom. The second-order valence-corrected chi connectivity index (χ2v) is 2.28. The summed E-state index contributed by atoms with van der Waals surface area (Å²) in [6.07, 6.45) is -0.875. The van der Waals surface area contributed by atoms with Gasteiger partial charge in [0, 0.05) is 6.04 Å². The second kappa shape index (κ2) is 3.44. The van der Waals surface area contributed by atoms with Crippen molar-refractivity contribution in [3.63, 3.8) is 0 Å². The van der Waals surface area contributed by atoms with E-state index < -0.39 is 6.10 Å². The van der Waals surface area contributed by atoms with Crippen molar-refractivity contribution >= 4 is 0 Å². The Morgan fingerprint density at radius 3 is 2.11 bits per heavy atom. The van der Waals surface area contributed by atoms with Crippen LogP contribution in [0.15, 0.2) is 0 Å². The van der Waals surface area contributed by atoms with E-state index in [-0.39, 0.29) is 6.04 Å². The first kappa shape index (κ1) is 8.41. The van der Waals surface area contributed by atoms with Gasteiger partial charge in [-0.1, -0.05) is 0 Å². The fourth-order valence-electron chi connectivity index (χ4n) is 0.390. The maximum absolute atomic E-state index is 8.89. The van der Waals surface area contributed by atoms with Gasteiger partial charge >= 0.3 is 0 Å². The summed E-state index contributed by atoms with van der Waals surface area (Å²) >= 11 is 0. The Kier molecular flexibility index (Phi) is 3.21.